The van der Waals surface area contributed by atoms with Crippen LogP contribution in [0.4, 0.5) is 0 Å². The number of unbranched alkanes of at least 4 members (excludes halogenated alkanes) is 2. The molecule has 15 heavy (non-hydrogen) atoms. The van der Waals surface area contributed by atoms with Crippen LogP contribution in [0, 0.1) is 5.92 Å². The van der Waals surface area contributed by atoms with Gasteiger partial charge in [0, 0.05) is 6.61 Å². The van der Waals surface area contributed by atoms with E-state index in [1.165, 1.54) is 51.7 Å². The van der Waals surface area contributed by atoms with Crippen molar-refractivity contribution in [3.63, 3.8) is 0 Å². The summed E-state index contributed by atoms with van der Waals surface area (Å²) in [7, 11) is 0. The average molecular weight is 214 g/mol. The van der Waals surface area contributed by atoms with Crippen LogP contribution in [0.25, 0.3) is 0 Å². The molecule has 1 rings (SSSR count). The van der Waals surface area contributed by atoms with Gasteiger partial charge < -0.3 is 15.7 Å². The molecule has 0 unspecified atom stereocenters. The Bertz CT molecular complexity index is 142. The van der Waals surface area contributed by atoms with Gasteiger partial charge >= 0.3 is 0 Å². The van der Waals surface area contributed by atoms with Crippen LogP contribution in [0.5, 0.6) is 0 Å². The first-order chi connectivity index (χ1) is 7.36. The van der Waals surface area contributed by atoms with Gasteiger partial charge in [-0.2, -0.15) is 0 Å². The predicted octanol–water partition coefficient (Wildman–Crippen LogP) is 1.21. The lowest BCUT2D eigenvalue weighted by atomic mass is 9.93. The molecule has 3 heteroatoms. The van der Waals surface area contributed by atoms with Crippen molar-refractivity contribution in [2.75, 3.05) is 32.8 Å². The van der Waals surface area contributed by atoms with Crippen LogP contribution in [0.2, 0.25) is 0 Å². The lowest BCUT2D eigenvalue weighted by Gasteiger charge is -2.31. The second-order valence-electron chi connectivity index (χ2n) is 4.65. The molecule has 0 aromatic heterocycles. The Balaban J connectivity index is 1.99. The minimum absolute atomic E-state index is 0.346. The summed E-state index contributed by atoms with van der Waals surface area (Å²) >= 11 is 0. The van der Waals surface area contributed by atoms with Gasteiger partial charge in [-0.25, -0.2) is 0 Å². The summed E-state index contributed by atoms with van der Waals surface area (Å²) in [5.41, 5.74) is 5.57. The highest BCUT2D eigenvalue weighted by Crippen LogP contribution is 2.19. The molecule has 3 N–H and O–H groups in total. The third-order valence-electron chi connectivity index (χ3n) is 3.41. The van der Waals surface area contributed by atoms with Gasteiger partial charge in [0.05, 0.1) is 0 Å². The largest absolute Gasteiger partial charge is 0.396 e. The molecule has 1 aliphatic rings. The molecular weight excluding hydrogens is 188 g/mol. The van der Waals surface area contributed by atoms with E-state index >= 15 is 0 Å². The summed E-state index contributed by atoms with van der Waals surface area (Å²) in [5.74, 6) is 0.878. The average Bonchev–Trinajstić information content (AvgIpc) is 2.27. The van der Waals surface area contributed by atoms with Gasteiger partial charge in [0.2, 0.25) is 0 Å². The van der Waals surface area contributed by atoms with Crippen molar-refractivity contribution in [2.24, 2.45) is 11.7 Å². The maximum atomic E-state index is 8.67. The second kappa shape index (κ2) is 8.08. The Morgan fingerprint density at radius 2 is 1.87 bits per heavy atom. The normalized spacial score (nSPS) is 19.6. The Morgan fingerprint density at radius 1 is 1.13 bits per heavy atom. The van der Waals surface area contributed by atoms with Crippen LogP contribution in [-0.4, -0.2) is 42.8 Å². The molecular formula is C12H26N2O. The lowest BCUT2D eigenvalue weighted by Crippen LogP contribution is -2.35. The van der Waals surface area contributed by atoms with Crippen LogP contribution in [0.15, 0.2) is 0 Å². The summed E-state index contributed by atoms with van der Waals surface area (Å²) in [6.45, 7) is 4.92. The van der Waals surface area contributed by atoms with Crippen molar-refractivity contribution >= 4 is 0 Å². The highest BCUT2D eigenvalue weighted by Gasteiger charge is 2.17. The molecule has 0 spiro atoms. The summed E-state index contributed by atoms with van der Waals surface area (Å²) < 4.78 is 0. The van der Waals surface area contributed by atoms with E-state index in [1.54, 1.807) is 0 Å². The quantitative estimate of drug-likeness (QED) is 0.626. The maximum Gasteiger partial charge on any atom is 0.0431 e. The van der Waals surface area contributed by atoms with Crippen LogP contribution in [-0.2, 0) is 0 Å². The van der Waals surface area contributed by atoms with E-state index in [0.29, 0.717) is 6.61 Å². The van der Waals surface area contributed by atoms with Crippen molar-refractivity contribution < 1.29 is 5.11 Å². The first-order valence-corrected chi connectivity index (χ1v) is 6.40. The van der Waals surface area contributed by atoms with Crippen molar-refractivity contribution in [1.82, 2.24) is 4.90 Å². The molecule has 90 valence electrons. The highest BCUT2D eigenvalue weighted by molar-refractivity contribution is 4.72. The van der Waals surface area contributed by atoms with Gasteiger partial charge in [-0.05, 0) is 70.6 Å². The predicted molar refractivity (Wildman–Crippen MR) is 63.8 cm³/mol. The molecule has 0 amide bonds. The van der Waals surface area contributed by atoms with E-state index in [0.717, 1.165) is 18.9 Å². The minimum atomic E-state index is 0.346. The van der Waals surface area contributed by atoms with Gasteiger partial charge in [-0.1, -0.05) is 0 Å². The fourth-order valence-electron chi connectivity index (χ4n) is 2.36. The molecule has 0 saturated carbocycles. The number of nitrogens with two attached hydrogens (primary N) is 1. The first kappa shape index (κ1) is 12.9. The molecule has 0 radical (unpaired) electrons. The van der Waals surface area contributed by atoms with Crippen LogP contribution >= 0.6 is 0 Å². The molecule has 1 saturated heterocycles. The van der Waals surface area contributed by atoms with Crippen molar-refractivity contribution in [3.8, 4) is 0 Å². The van der Waals surface area contributed by atoms with E-state index < -0.39 is 0 Å². The monoisotopic (exact) mass is 214 g/mol. The molecule has 0 bridgehead atoms. The zero-order valence-electron chi connectivity index (χ0n) is 9.83. The lowest BCUT2D eigenvalue weighted by molar-refractivity contribution is 0.175. The Labute approximate surface area is 93.6 Å². The van der Waals surface area contributed by atoms with Gasteiger partial charge in [-0.15, -0.1) is 0 Å². The second-order valence-corrected chi connectivity index (χ2v) is 4.65. The summed E-state index contributed by atoms with van der Waals surface area (Å²) in [6, 6.07) is 0. The Kier molecular flexibility index (Phi) is 6.98. The number of rotatable bonds is 7. The number of nitrogens with zero attached hydrogens (tertiary/aromatic N) is 1. The zero-order chi connectivity index (χ0) is 10.9. The Hall–Kier alpha value is -0.120. The van der Waals surface area contributed by atoms with Gasteiger partial charge in [0.15, 0.2) is 0 Å². The molecule has 1 heterocycles. The number of hydrogen-bond acceptors (Lipinski definition) is 3. The number of piperidine rings is 1. The van der Waals surface area contributed by atoms with Crippen molar-refractivity contribution in [3.05, 3.63) is 0 Å². The third-order valence-corrected chi connectivity index (χ3v) is 3.41. The SMILES string of the molecule is NCCC1CCN(CCCCCO)CC1. The van der Waals surface area contributed by atoms with E-state index in [9.17, 15) is 0 Å². The molecule has 0 aromatic rings. The molecule has 1 fully saturated rings. The van der Waals surface area contributed by atoms with Crippen LogP contribution in [0.3, 0.4) is 0 Å². The van der Waals surface area contributed by atoms with Gasteiger partial charge in [0.1, 0.15) is 0 Å². The van der Waals surface area contributed by atoms with E-state index in [2.05, 4.69) is 4.90 Å². The molecule has 0 aromatic carbocycles. The molecule has 3 nitrogen and oxygen atoms in total. The number of aliphatic hydroxyl groups excluding tert-OH is 1. The molecule has 0 aliphatic carbocycles. The zero-order valence-corrected chi connectivity index (χ0v) is 9.83. The number of hydrogen-bond donors (Lipinski definition) is 2. The summed E-state index contributed by atoms with van der Waals surface area (Å²) in [5, 5.41) is 8.67. The number of likely N-dealkylation sites (tertiary alicyclic amines) is 1. The van der Waals surface area contributed by atoms with Crippen molar-refractivity contribution in [2.45, 2.75) is 38.5 Å². The fraction of sp³-hybridized carbons (Fsp3) is 1.00. The minimum Gasteiger partial charge on any atom is -0.396 e. The van der Waals surface area contributed by atoms with E-state index in [-0.39, 0.29) is 0 Å². The maximum absolute atomic E-state index is 8.67. The topological polar surface area (TPSA) is 49.5 Å². The molecule has 1 aliphatic heterocycles. The third kappa shape index (κ3) is 5.50. The van der Waals surface area contributed by atoms with E-state index in [1.807, 2.05) is 0 Å². The smallest absolute Gasteiger partial charge is 0.0431 e. The fourth-order valence-corrected chi connectivity index (χ4v) is 2.36. The summed E-state index contributed by atoms with van der Waals surface area (Å²) in [4.78, 5) is 2.56. The van der Waals surface area contributed by atoms with Crippen LogP contribution in [0.1, 0.15) is 38.5 Å². The highest BCUT2D eigenvalue weighted by atomic mass is 16.2. The Morgan fingerprint density at radius 3 is 2.47 bits per heavy atom. The summed E-state index contributed by atoms with van der Waals surface area (Å²) in [6.07, 6.45) is 7.23. The van der Waals surface area contributed by atoms with Crippen molar-refractivity contribution in [1.29, 1.82) is 0 Å². The van der Waals surface area contributed by atoms with Crippen LogP contribution < -0.4 is 5.73 Å². The first-order valence-electron chi connectivity index (χ1n) is 6.40. The van der Waals surface area contributed by atoms with Gasteiger partial charge in [0.25, 0.3) is 0 Å². The van der Waals surface area contributed by atoms with E-state index in [4.69, 9.17) is 10.8 Å². The standard InChI is InChI=1S/C12H26N2O/c13-7-4-12-5-9-14(10-6-12)8-2-1-3-11-15/h12,15H,1-11,13H2. The molecule has 0 atom stereocenters. The van der Waals surface area contributed by atoms with Gasteiger partial charge in [-0.3, -0.25) is 0 Å². The number of aliphatic hydroxyl groups is 1.